The van der Waals surface area contributed by atoms with Gasteiger partial charge in [0.15, 0.2) is 16.6 Å². The van der Waals surface area contributed by atoms with Gasteiger partial charge in [-0.15, -0.1) is 0 Å². The van der Waals surface area contributed by atoms with Gasteiger partial charge in [-0.25, -0.2) is 0 Å². The van der Waals surface area contributed by atoms with Crippen molar-refractivity contribution >= 4 is 28.2 Å². The highest BCUT2D eigenvalue weighted by atomic mass is 32.1. The summed E-state index contributed by atoms with van der Waals surface area (Å²) in [7, 11) is 0. The number of fused-ring (bicyclic) bond motifs is 2. The number of hydrogen-bond acceptors (Lipinski definition) is 6. The van der Waals surface area contributed by atoms with Crippen LogP contribution in [0.25, 0.3) is 10.9 Å². The molecule has 0 amide bonds. The normalized spacial score (nSPS) is 16.4. The molecule has 2 aliphatic rings. The smallest absolute Gasteiger partial charge is 0.253 e. The second-order valence-corrected chi connectivity index (χ2v) is 9.90. The Labute approximate surface area is 222 Å². The van der Waals surface area contributed by atoms with Crippen LogP contribution < -0.4 is 20.3 Å². The van der Waals surface area contributed by atoms with E-state index in [4.69, 9.17) is 26.4 Å². The summed E-state index contributed by atoms with van der Waals surface area (Å²) in [6.07, 6.45) is 0.936. The van der Waals surface area contributed by atoms with Crippen molar-refractivity contribution in [3.05, 3.63) is 70.0 Å². The number of morpholine rings is 1. The number of benzene rings is 2. The minimum absolute atomic E-state index is 0.0500. The first-order valence-corrected chi connectivity index (χ1v) is 13.3. The van der Waals surface area contributed by atoms with Crippen molar-refractivity contribution in [1.29, 1.82) is 0 Å². The number of thiocarbonyl (C=S) groups is 1. The Kier molecular flexibility index (Phi) is 8.23. The number of rotatable bonds is 8. The maximum absolute atomic E-state index is 13.1. The van der Waals surface area contributed by atoms with E-state index in [2.05, 4.69) is 39.2 Å². The third-order valence-electron chi connectivity index (χ3n) is 6.88. The average Bonchev–Trinajstić information content (AvgIpc) is 2.92. The molecule has 2 aliphatic heterocycles. The lowest BCUT2D eigenvalue weighted by Crippen LogP contribution is -2.43. The Balaban J connectivity index is 1.34. The summed E-state index contributed by atoms with van der Waals surface area (Å²) < 4.78 is 16.9. The highest BCUT2D eigenvalue weighted by Crippen LogP contribution is 2.33. The standard InChI is InChI=1S/C28H34N4O4S/c1-20(21-6-3-2-4-7-21)29-28(37)32(9-5-8-31-10-12-34-13-11-31)19-23-16-22-17-25-26(36-15-14-35-25)18-24(22)30-27(23)33/h2-4,6-7,16-18,20H,5,8-15,19H2,1H3,(H,29,37)(H,30,33). The lowest BCUT2D eigenvalue weighted by Gasteiger charge is -2.30. The molecule has 2 N–H and O–H groups in total. The Hall–Kier alpha value is -3.14. The van der Waals surface area contributed by atoms with Crippen molar-refractivity contribution in [2.45, 2.75) is 25.9 Å². The van der Waals surface area contributed by atoms with Crippen molar-refractivity contribution < 1.29 is 14.2 Å². The van der Waals surface area contributed by atoms with Gasteiger partial charge >= 0.3 is 0 Å². The maximum atomic E-state index is 13.1. The van der Waals surface area contributed by atoms with Gasteiger partial charge in [-0.2, -0.15) is 0 Å². The van der Waals surface area contributed by atoms with E-state index < -0.39 is 0 Å². The number of pyridine rings is 1. The highest BCUT2D eigenvalue weighted by Gasteiger charge is 2.19. The fourth-order valence-corrected chi connectivity index (χ4v) is 5.11. The molecule has 0 saturated carbocycles. The number of ether oxygens (including phenoxy) is 3. The van der Waals surface area contributed by atoms with Crippen molar-refractivity contribution in [2.24, 2.45) is 0 Å². The fraction of sp³-hybridized carbons (Fsp3) is 0.429. The third-order valence-corrected chi connectivity index (χ3v) is 7.25. The lowest BCUT2D eigenvalue weighted by molar-refractivity contribution is 0.0367. The molecule has 0 radical (unpaired) electrons. The van der Waals surface area contributed by atoms with Crippen molar-refractivity contribution in [3.63, 3.8) is 0 Å². The number of nitrogens with one attached hydrogen (secondary N) is 2. The number of aromatic nitrogens is 1. The molecule has 9 heteroatoms. The minimum atomic E-state index is -0.124. The van der Waals surface area contributed by atoms with Crippen LogP contribution in [-0.2, 0) is 11.3 Å². The van der Waals surface area contributed by atoms with E-state index in [9.17, 15) is 4.79 Å². The third kappa shape index (κ3) is 6.41. The largest absolute Gasteiger partial charge is 0.486 e. The van der Waals surface area contributed by atoms with Gasteiger partial charge in [0.05, 0.1) is 31.3 Å². The number of hydrogen-bond donors (Lipinski definition) is 2. The van der Waals surface area contributed by atoms with Gasteiger partial charge < -0.3 is 29.4 Å². The van der Waals surface area contributed by atoms with Crippen LogP contribution >= 0.6 is 12.2 Å². The van der Waals surface area contributed by atoms with Crippen molar-refractivity contribution in [2.75, 3.05) is 52.6 Å². The molecular weight excluding hydrogens is 488 g/mol. The highest BCUT2D eigenvalue weighted by molar-refractivity contribution is 7.80. The van der Waals surface area contributed by atoms with E-state index in [0.29, 0.717) is 41.9 Å². The molecule has 1 unspecified atom stereocenters. The van der Waals surface area contributed by atoms with Crippen LogP contribution in [0.5, 0.6) is 11.5 Å². The average molecular weight is 523 g/mol. The molecule has 1 fully saturated rings. The molecule has 1 saturated heterocycles. The first kappa shape index (κ1) is 25.5. The van der Waals surface area contributed by atoms with Gasteiger partial charge in [-0.05, 0) is 43.3 Å². The number of nitrogens with zero attached hydrogens (tertiary/aromatic N) is 2. The zero-order valence-electron chi connectivity index (χ0n) is 21.2. The zero-order valence-corrected chi connectivity index (χ0v) is 22.0. The number of aromatic amines is 1. The van der Waals surface area contributed by atoms with Crippen LogP contribution in [0.1, 0.15) is 30.5 Å². The summed E-state index contributed by atoms with van der Waals surface area (Å²) in [6, 6.07) is 16.0. The molecule has 0 aliphatic carbocycles. The predicted octanol–water partition coefficient (Wildman–Crippen LogP) is 3.46. The Morgan fingerprint density at radius 1 is 1.08 bits per heavy atom. The molecule has 2 aromatic carbocycles. The molecule has 3 aromatic rings. The molecule has 8 nitrogen and oxygen atoms in total. The summed E-state index contributed by atoms with van der Waals surface area (Å²) in [5.74, 6) is 1.36. The molecule has 0 spiro atoms. The van der Waals surface area contributed by atoms with E-state index in [1.165, 1.54) is 0 Å². The molecule has 0 bridgehead atoms. The fourth-order valence-electron chi connectivity index (χ4n) is 4.77. The second kappa shape index (κ2) is 11.9. The molecular formula is C28H34N4O4S. The monoisotopic (exact) mass is 522 g/mol. The first-order chi connectivity index (χ1) is 18.1. The molecule has 1 atom stereocenters. The molecule has 3 heterocycles. The summed E-state index contributed by atoms with van der Waals surface area (Å²) >= 11 is 5.87. The Morgan fingerprint density at radius 3 is 2.57 bits per heavy atom. The maximum Gasteiger partial charge on any atom is 0.253 e. The van der Waals surface area contributed by atoms with E-state index in [-0.39, 0.29) is 11.6 Å². The first-order valence-electron chi connectivity index (χ1n) is 12.9. The van der Waals surface area contributed by atoms with E-state index in [1.54, 1.807) is 0 Å². The number of H-pyrrole nitrogens is 1. The summed E-state index contributed by atoms with van der Waals surface area (Å²) in [6.45, 7) is 8.71. The van der Waals surface area contributed by atoms with Gasteiger partial charge in [0.1, 0.15) is 13.2 Å². The van der Waals surface area contributed by atoms with E-state index >= 15 is 0 Å². The Morgan fingerprint density at radius 2 is 1.81 bits per heavy atom. The Bertz CT molecular complexity index is 1280. The van der Waals surface area contributed by atoms with Gasteiger partial charge in [0.2, 0.25) is 0 Å². The van der Waals surface area contributed by atoms with Crippen molar-refractivity contribution in [1.82, 2.24) is 20.1 Å². The summed E-state index contributed by atoms with van der Waals surface area (Å²) in [5.41, 5.74) is 2.43. The molecule has 196 valence electrons. The van der Waals surface area contributed by atoms with Crippen LogP contribution in [-0.4, -0.2) is 72.5 Å². The van der Waals surface area contributed by atoms with Crippen LogP contribution in [0, 0.1) is 0 Å². The van der Waals surface area contributed by atoms with E-state index in [1.807, 2.05) is 36.4 Å². The summed E-state index contributed by atoms with van der Waals surface area (Å²) in [5, 5.41) is 5.02. The predicted molar refractivity (Wildman–Crippen MR) is 148 cm³/mol. The van der Waals surface area contributed by atoms with E-state index in [0.717, 1.165) is 62.3 Å². The molecule has 5 rings (SSSR count). The lowest BCUT2D eigenvalue weighted by atomic mass is 10.1. The van der Waals surface area contributed by atoms with Gasteiger partial charge in [-0.3, -0.25) is 9.69 Å². The zero-order chi connectivity index (χ0) is 25.6. The van der Waals surface area contributed by atoms with Crippen molar-refractivity contribution in [3.8, 4) is 11.5 Å². The van der Waals surface area contributed by atoms with Crippen LogP contribution in [0.2, 0.25) is 0 Å². The molecule has 37 heavy (non-hydrogen) atoms. The SMILES string of the molecule is CC(NC(=S)N(CCCN1CCOCC1)Cc1cc2cc3c(cc2[nH]c1=O)OCCO3)c1ccccc1. The van der Waals surface area contributed by atoms with Gasteiger partial charge in [0.25, 0.3) is 5.56 Å². The van der Waals surface area contributed by atoms with Gasteiger partial charge in [-0.1, -0.05) is 30.3 Å². The van der Waals surface area contributed by atoms with Gasteiger partial charge in [0, 0.05) is 43.2 Å². The van der Waals surface area contributed by atoms with Crippen LogP contribution in [0.3, 0.4) is 0 Å². The van der Waals surface area contributed by atoms with Crippen LogP contribution in [0.4, 0.5) is 0 Å². The quantitative estimate of drug-likeness (QED) is 0.436. The van der Waals surface area contributed by atoms with Crippen LogP contribution in [0.15, 0.2) is 53.3 Å². The minimum Gasteiger partial charge on any atom is -0.486 e. The topological polar surface area (TPSA) is 79.1 Å². The second-order valence-electron chi connectivity index (χ2n) is 9.52. The molecule has 1 aromatic heterocycles. The summed E-state index contributed by atoms with van der Waals surface area (Å²) in [4.78, 5) is 20.6.